The van der Waals surface area contributed by atoms with Gasteiger partial charge >= 0.3 is 0 Å². The Labute approximate surface area is 182 Å². The Balaban J connectivity index is 1.50. The molecule has 2 aromatic heterocycles. The minimum absolute atomic E-state index is 0.180. The van der Waals surface area contributed by atoms with Gasteiger partial charge in [0.05, 0.1) is 11.7 Å². The highest BCUT2D eigenvalue weighted by Crippen LogP contribution is 2.31. The first-order valence-electron chi connectivity index (χ1n) is 10.6. The molecule has 7 nitrogen and oxygen atoms in total. The number of aryl methyl sites for hydroxylation is 2. The molecule has 1 aliphatic rings. The maximum absolute atomic E-state index is 6.25. The number of hydrogen-bond acceptors (Lipinski definition) is 6. The van der Waals surface area contributed by atoms with Crippen LogP contribution in [0, 0.1) is 6.92 Å². The van der Waals surface area contributed by atoms with Crippen LogP contribution in [0.2, 0.25) is 0 Å². The molecule has 4 aromatic rings. The molecule has 1 saturated heterocycles. The molecule has 2 aromatic carbocycles. The zero-order chi connectivity index (χ0) is 21.4. The predicted octanol–water partition coefficient (Wildman–Crippen LogP) is 2.08. The molecular weight excluding hydrogens is 387 g/mol. The van der Waals surface area contributed by atoms with Crippen molar-refractivity contribution in [3.8, 4) is 16.9 Å². The normalized spacial score (nSPS) is 16.0. The maximum Gasteiger partial charge on any atom is 0.227 e. The second-order valence-corrected chi connectivity index (χ2v) is 8.22. The highest BCUT2D eigenvalue weighted by atomic mass is 16.5. The summed E-state index contributed by atoms with van der Waals surface area (Å²) in [4.78, 5) is 9.30. The number of fused-ring (bicyclic) bond motifs is 1. The van der Waals surface area contributed by atoms with E-state index >= 15 is 0 Å². The molecule has 8 heteroatoms. The molecule has 0 amide bonds. The predicted molar refractivity (Wildman–Crippen MR) is 126 cm³/mol. The topological polar surface area (TPSA) is 76.9 Å². The SMILES string of the molecule is Bc1cc(C)c2nc(Nc3cc(O[C@@H]4CCNC4)cc(-c4cnn(C)c4)c3)ncc2c1. The highest BCUT2D eigenvalue weighted by Gasteiger charge is 2.17. The number of hydrogen-bond donors (Lipinski definition) is 2. The number of benzene rings is 2. The van der Waals surface area contributed by atoms with Gasteiger partial charge in [0.15, 0.2) is 0 Å². The Hall–Kier alpha value is -3.39. The van der Waals surface area contributed by atoms with Crippen LogP contribution in [-0.4, -0.2) is 46.8 Å². The zero-order valence-electron chi connectivity index (χ0n) is 18.0. The molecule has 0 saturated carbocycles. The fourth-order valence-electron chi connectivity index (χ4n) is 4.10. The van der Waals surface area contributed by atoms with E-state index in [-0.39, 0.29) is 6.10 Å². The van der Waals surface area contributed by atoms with Crippen molar-refractivity contribution >= 4 is 35.8 Å². The number of rotatable bonds is 5. The van der Waals surface area contributed by atoms with E-state index in [1.165, 1.54) is 5.46 Å². The molecule has 3 heterocycles. The van der Waals surface area contributed by atoms with Gasteiger partial charge in [0.1, 0.15) is 19.7 Å². The van der Waals surface area contributed by atoms with Gasteiger partial charge in [-0.3, -0.25) is 4.68 Å². The Morgan fingerprint density at radius 1 is 1.16 bits per heavy atom. The van der Waals surface area contributed by atoms with E-state index in [2.05, 4.69) is 59.8 Å². The van der Waals surface area contributed by atoms with Gasteiger partial charge < -0.3 is 15.4 Å². The fourth-order valence-corrected chi connectivity index (χ4v) is 4.10. The van der Waals surface area contributed by atoms with Crippen molar-refractivity contribution in [3.63, 3.8) is 0 Å². The van der Waals surface area contributed by atoms with Crippen LogP contribution < -0.4 is 20.8 Å². The standard InChI is InChI=1S/C23H25BN6O/c1-14-5-18(24)6-16-10-26-23(29-22(14)16)28-19-7-15(17-11-27-30(2)13-17)8-21(9-19)31-20-3-4-25-12-20/h5-11,13,20,25H,3-4,12,24H2,1-2H3,(H,26,28,29)/t20-/m1/s1. The first kappa shape index (κ1) is 19.6. The molecule has 156 valence electrons. The molecule has 1 fully saturated rings. The van der Waals surface area contributed by atoms with E-state index in [1.807, 2.05) is 31.7 Å². The Morgan fingerprint density at radius 3 is 2.84 bits per heavy atom. The fraction of sp³-hybridized carbons (Fsp3) is 0.261. The summed E-state index contributed by atoms with van der Waals surface area (Å²) in [5.41, 5.74) is 6.26. The van der Waals surface area contributed by atoms with Crippen molar-refractivity contribution in [2.45, 2.75) is 19.4 Å². The summed E-state index contributed by atoms with van der Waals surface area (Å²) in [6.45, 7) is 3.94. The molecular formula is C23H25BN6O. The van der Waals surface area contributed by atoms with E-state index in [0.29, 0.717) is 5.95 Å². The van der Waals surface area contributed by atoms with Gasteiger partial charge in [-0.05, 0) is 43.1 Å². The van der Waals surface area contributed by atoms with E-state index in [0.717, 1.165) is 58.5 Å². The third-order valence-corrected chi connectivity index (χ3v) is 5.54. The van der Waals surface area contributed by atoms with E-state index < -0.39 is 0 Å². The molecule has 1 atom stereocenters. The minimum atomic E-state index is 0.180. The number of nitrogens with one attached hydrogen (secondary N) is 2. The molecule has 0 unspecified atom stereocenters. The van der Waals surface area contributed by atoms with Crippen LogP contribution >= 0.6 is 0 Å². The van der Waals surface area contributed by atoms with Crippen LogP contribution in [-0.2, 0) is 7.05 Å². The first-order valence-corrected chi connectivity index (χ1v) is 10.6. The summed E-state index contributed by atoms with van der Waals surface area (Å²) in [5.74, 6) is 1.39. The third kappa shape index (κ3) is 4.25. The van der Waals surface area contributed by atoms with Gasteiger partial charge in [-0.15, -0.1) is 0 Å². The van der Waals surface area contributed by atoms with Crippen molar-refractivity contribution < 1.29 is 4.74 Å². The van der Waals surface area contributed by atoms with Crippen LogP contribution in [0.25, 0.3) is 22.0 Å². The molecule has 5 rings (SSSR count). The highest BCUT2D eigenvalue weighted by molar-refractivity contribution is 6.33. The molecule has 0 radical (unpaired) electrons. The van der Waals surface area contributed by atoms with Crippen LogP contribution in [0.4, 0.5) is 11.6 Å². The van der Waals surface area contributed by atoms with Gasteiger partial charge in [0.2, 0.25) is 5.95 Å². The van der Waals surface area contributed by atoms with Crippen LogP contribution in [0.15, 0.2) is 48.9 Å². The Kier molecular flexibility index (Phi) is 5.07. The largest absolute Gasteiger partial charge is 0.489 e. The van der Waals surface area contributed by atoms with E-state index in [4.69, 9.17) is 9.72 Å². The summed E-state index contributed by atoms with van der Waals surface area (Å²) in [6.07, 6.45) is 6.92. The molecule has 0 spiro atoms. The smallest absolute Gasteiger partial charge is 0.227 e. The van der Waals surface area contributed by atoms with Gasteiger partial charge in [-0.25, -0.2) is 9.97 Å². The summed E-state index contributed by atoms with van der Waals surface area (Å²) in [6, 6.07) is 10.4. The second-order valence-electron chi connectivity index (χ2n) is 8.22. The molecule has 0 bridgehead atoms. The molecule has 0 aliphatic carbocycles. The van der Waals surface area contributed by atoms with Crippen molar-refractivity contribution in [1.82, 2.24) is 25.1 Å². The average molecular weight is 412 g/mol. The number of ether oxygens (including phenoxy) is 1. The lowest BCUT2D eigenvalue weighted by Gasteiger charge is -2.15. The van der Waals surface area contributed by atoms with Crippen molar-refractivity contribution in [2.24, 2.45) is 7.05 Å². The lowest BCUT2D eigenvalue weighted by molar-refractivity contribution is 0.223. The van der Waals surface area contributed by atoms with Crippen LogP contribution in [0.5, 0.6) is 5.75 Å². The zero-order valence-corrected chi connectivity index (χ0v) is 18.0. The number of nitrogens with zero attached hydrogens (tertiary/aromatic N) is 4. The number of aromatic nitrogens is 4. The van der Waals surface area contributed by atoms with E-state index in [1.54, 1.807) is 4.68 Å². The Bertz CT molecular complexity index is 1250. The number of anilines is 2. The summed E-state index contributed by atoms with van der Waals surface area (Å²) in [7, 11) is 4.00. The average Bonchev–Trinajstić information content (AvgIpc) is 3.40. The Morgan fingerprint density at radius 2 is 2.06 bits per heavy atom. The van der Waals surface area contributed by atoms with Crippen molar-refractivity contribution in [2.75, 3.05) is 18.4 Å². The lowest BCUT2D eigenvalue weighted by atomic mass is 9.93. The summed E-state index contributed by atoms with van der Waals surface area (Å²) in [5, 5.41) is 12.1. The minimum Gasteiger partial charge on any atom is -0.489 e. The quantitative estimate of drug-likeness (QED) is 0.489. The maximum atomic E-state index is 6.25. The first-order chi connectivity index (χ1) is 15.0. The van der Waals surface area contributed by atoms with Crippen molar-refractivity contribution in [3.05, 3.63) is 54.5 Å². The van der Waals surface area contributed by atoms with Gasteiger partial charge in [-0.2, -0.15) is 5.10 Å². The monoisotopic (exact) mass is 412 g/mol. The van der Waals surface area contributed by atoms with Crippen LogP contribution in [0.1, 0.15) is 12.0 Å². The summed E-state index contributed by atoms with van der Waals surface area (Å²) >= 11 is 0. The molecule has 31 heavy (non-hydrogen) atoms. The van der Waals surface area contributed by atoms with Gasteiger partial charge in [-0.1, -0.05) is 17.6 Å². The lowest BCUT2D eigenvalue weighted by Crippen LogP contribution is -2.19. The second kappa shape index (κ2) is 8.04. The third-order valence-electron chi connectivity index (χ3n) is 5.54. The van der Waals surface area contributed by atoms with E-state index in [9.17, 15) is 0 Å². The molecule has 2 N–H and O–H groups in total. The van der Waals surface area contributed by atoms with Gasteiger partial charge in [0, 0.05) is 48.7 Å². The van der Waals surface area contributed by atoms with Crippen LogP contribution in [0.3, 0.4) is 0 Å². The molecule has 1 aliphatic heterocycles. The summed E-state index contributed by atoms with van der Waals surface area (Å²) < 4.78 is 8.05. The van der Waals surface area contributed by atoms with Gasteiger partial charge in [0.25, 0.3) is 0 Å². The van der Waals surface area contributed by atoms with Crippen molar-refractivity contribution in [1.29, 1.82) is 0 Å².